The molecule has 1 aromatic rings. The molecule has 0 spiro atoms. The number of nitroso groups, excluding NO2 is 1. The second kappa shape index (κ2) is 4.93. The van der Waals surface area contributed by atoms with Crippen LogP contribution in [0.2, 0.25) is 0 Å². The minimum absolute atomic E-state index is 0.604. The highest BCUT2D eigenvalue weighted by Crippen LogP contribution is 2.62. The second-order valence-corrected chi connectivity index (χ2v) is 7.54. The zero-order valence-corrected chi connectivity index (χ0v) is 13.0. The summed E-state index contributed by atoms with van der Waals surface area (Å²) in [5, 5.41) is 3.11. The Morgan fingerprint density at radius 3 is 2.95 bits per heavy atom. The number of rotatable bonds is 2. The summed E-state index contributed by atoms with van der Waals surface area (Å²) in [4.78, 5) is 10.8. The summed E-state index contributed by atoms with van der Waals surface area (Å²) < 4.78 is 0. The Kier molecular flexibility index (Phi) is 3.16. The molecule has 0 N–H and O–H groups in total. The Balaban J connectivity index is 1.69. The van der Waals surface area contributed by atoms with Crippen LogP contribution in [0.3, 0.4) is 0 Å². The quantitative estimate of drug-likeness (QED) is 0.638. The van der Waals surface area contributed by atoms with Crippen LogP contribution in [-0.2, 0) is 6.42 Å². The van der Waals surface area contributed by atoms with E-state index in [1.54, 1.807) is 0 Å². The predicted molar refractivity (Wildman–Crippen MR) is 85.7 cm³/mol. The Morgan fingerprint density at radius 2 is 2.14 bits per heavy atom. The van der Waals surface area contributed by atoms with Gasteiger partial charge in [-0.25, -0.2) is 0 Å². The van der Waals surface area contributed by atoms with Crippen molar-refractivity contribution in [2.24, 2.45) is 22.4 Å². The number of fused-ring (bicyclic) bond motifs is 5. The molecule has 2 fully saturated rings. The van der Waals surface area contributed by atoms with Crippen LogP contribution in [0.15, 0.2) is 23.4 Å². The first-order chi connectivity index (χ1) is 10.3. The van der Waals surface area contributed by atoms with Gasteiger partial charge in [0, 0.05) is 0 Å². The van der Waals surface area contributed by atoms with Gasteiger partial charge in [-0.2, -0.15) is 0 Å². The molecule has 0 heterocycles. The van der Waals surface area contributed by atoms with Crippen LogP contribution in [-0.4, -0.2) is 0 Å². The Morgan fingerprint density at radius 1 is 1.24 bits per heavy atom. The molecule has 0 aromatic heterocycles. The van der Waals surface area contributed by atoms with Crippen LogP contribution < -0.4 is 0 Å². The molecule has 1 aromatic carbocycles. The predicted octanol–water partition coefficient (Wildman–Crippen LogP) is 5.72. The molecule has 2 heteroatoms. The van der Waals surface area contributed by atoms with E-state index in [9.17, 15) is 4.91 Å². The van der Waals surface area contributed by atoms with E-state index < -0.39 is 0 Å². The summed E-state index contributed by atoms with van der Waals surface area (Å²) in [7, 11) is 0. The summed E-state index contributed by atoms with van der Waals surface area (Å²) in [5.41, 5.74) is 4.21. The molecule has 0 bridgehead atoms. The van der Waals surface area contributed by atoms with Gasteiger partial charge in [0.1, 0.15) is 5.69 Å². The smallest absolute Gasteiger partial charge is 0.108 e. The molecule has 3 aliphatic carbocycles. The first-order valence-electron chi connectivity index (χ1n) is 8.73. The van der Waals surface area contributed by atoms with Crippen molar-refractivity contribution in [2.75, 3.05) is 0 Å². The molecule has 4 rings (SSSR count). The lowest BCUT2D eigenvalue weighted by Gasteiger charge is -2.50. The number of hydrogen-bond acceptors (Lipinski definition) is 2. The molecule has 0 saturated heterocycles. The second-order valence-electron chi connectivity index (χ2n) is 7.54. The first kappa shape index (κ1) is 13.5. The summed E-state index contributed by atoms with van der Waals surface area (Å²) in [6.45, 7) is 2.41. The fraction of sp³-hybridized carbons (Fsp3) is 0.684. The van der Waals surface area contributed by atoms with Crippen molar-refractivity contribution in [3.63, 3.8) is 0 Å². The first-order valence-corrected chi connectivity index (χ1v) is 8.73. The molecule has 4 unspecified atom stereocenters. The highest BCUT2D eigenvalue weighted by Gasteiger charge is 2.51. The van der Waals surface area contributed by atoms with E-state index >= 15 is 0 Å². The van der Waals surface area contributed by atoms with E-state index in [0.29, 0.717) is 11.1 Å². The third-order valence-corrected chi connectivity index (χ3v) is 7.05. The third-order valence-electron chi connectivity index (χ3n) is 7.05. The van der Waals surface area contributed by atoms with Crippen molar-refractivity contribution < 1.29 is 0 Å². The highest BCUT2D eigenvalue weighted by atomic mass is 16.3. The van der Waals surface area contributed by atoms with Crippen molar-refractivity contribution in [1.82, 2.24) is 0 Å². The van der Waals surface area contributed by atoms with Crippen LogP contribution >= 0.6 is 0 Å². The zero-order valence-electron chi connectivity index (χ0n) is 13.0. The molecule has 2 saturated carbocycles. The van der Waals surface area contributed by atoms with Gasteiger partial charge >= 0.3 is 0 Å². The van der Waals surface area contributed by atoms with Gasteiger partial charge in [0.15, 0.2) is 0 Å². The van der Waals surface area contributed by atoms with Gasteiger partial charge in [-0.3, -0.25) is 0 Å². The molecule has 0 aliphatic heterocycles. The monoisotopic (exact) mass is 283 g/mol. The van der Waals surface area contributed by atoms with Gasteiger partial charge in [0.2, 0.25) is 0 Å². The van der Waals surface area contributed by atoms with E-state index in [1.165, 1.54) is 56.1 Å². The fourth-order valence-electron chi connectivity index (χ4n) is 6.04. The van der Waals surface area contributed by atoms with Gasteiger partial charge in [0.05, 0.1) is 0 Å². The van der Waals surface area contributed by atoms with Crippen LogP contribution in [0.5, 0.6) is 0 Å². The number of benzene rings is 1. The summed E-state index contributed by atoms with van der Waals surface area (Å²) in [5.74, 6) is 2.60. The third kappa shape index (κ3) is 1.91. The zero-order chi connectivity index (χ0) is 14.4. The minimum Gasteiger partial charge on any atom is -0.145 e. The van der Waals surface area contributed by atoms with Crippen LogP contribution in [0, 0.1) is 22.2 Å². The largest absolute Gasteiger partial charge is 0.145 e. The van der Waals surface area contributed by atoms with Gasteiger partial charge in [-0.15, -0.1) is 4.91 Å². The van der Waals surface area contributed by atoms with Crippen LogP contribution in [0.25, 0.3) is 0 Å². The maximum Gasteiger partial charge on any atom is 0.108 e. The maximum absolute atomic E-state index is 10.8. The van der Waals surface area contributed by atoms with Crippen molar-refractivity contribution in [1.29, 1.82) is 0 Å². The summed E-state index contributed by atoms with van der Waals surface area (Å²) >= 11 is 0. The van der Waals surface area contributed by atoms with Crippen molar-refractivity contribution in [3.05, 3.63) is 34.2 Å². The van der Waals surface area contributed by atoms with Crippen molar-refractivity contribution in [3.8, 4) is 0 Å². The number of nitrogens with zero attached hydrogens (tertiary/aromatic N) is 1. The lowest BCUT2D eigenvalue weighted by Crippen LogP contribution is -2.40. The molecule has 0 radical (unpaired) electrons. The maximum atomic E-state index is 10.8. The number of hydrogen-bond donors (Lipinski definition) is 0. The van der Waals surface area contributed by atoms with Gasteiger partial charge in [-0.05, 0) is 90.1 Å². The van der Waals surface area contributed by atoms with E-state index in [2.05, 4.69) is 18.2 Å². The SMILES string of the molecule is CCC12CCCC1C1CCc3cc(N=O)ccc3C1CC2. The van der Waals surface area contributed by atoms with Crippen molar-refractivity contribution >= 4 is 5.69 Å². The molecule has 4 atom stereocenters. The molecular formula is C19H25NO. The Hall–Kier alpha value is -1.18. The van der Waals surface area contributed by atoms with E-state index in [0.717, 1.165) is 24.2 Å². The standard InChI is InChI=1S/C19H25NO/c1-2-19-10-3-4-18(19)17-7-5-13-12-14(20-21)6-8-15(13)16(17)9-11-19/h6,8,12,16-18H,2-5,7,9-11H2,1H3. The molecule has 0 amide bonds. The molecule has 3 aliphatic rings. The normalized spacial score (nSPS) is 37.5. The van der Waals surface area contributed by atoms with Crippen LogP contribution in [0.1, 0.15) is 68.9 Å². The lowest BCUT2D eigenvalue weighted by molar-refractivity contribution is 0.0409. The molecule has 2 nitrogen and oxygen atoms in total. The Labute approximate surface area is 127 Å². The Bertz CT molecular complexity index is 567. The summed E-state index contributed by atoms with van der Waals surface area (Å²) in [6, 6.07) is 6.16. The van der Waals surface area contributed by atoms with Gasteiger partial charge in [-0.1, -0.05) is 25.8 Å². The lowest BCUT2D eigenvalue weighted by atomic mass is 9.54. The van der Waals surface area contributed by atoms with Gasteiger partial charge in [0.25, 0.3) is 0 Å². The number of aryl methyl sites for hydroxylation is 1. The van der Waals surface area contributed by atoms with E-state index in [1.807, 2.05) is 12.1 Å². The van der Waals surface area contributed by atoms with Crippen LogP contribution in [0.4, 0.5) is 5.69 Å². The topological polar surface area (TPSA) is 29.4 Å². The highest BCUT2D eigenvalue weighted by molar-refractivity contribution is 5.47. The molecule has 21 heavy (non-hydrogen) atoms. The molecular weight excluding hydrogens is 258 g/mol. The molecule has 112 valence electrons. The van der Waals surface area contributed by atoms with E-state index in [4.69, 9.17) is 0 Å². The van der Waals surface area contributed by atoms with Crippen molar-refractivity contribution in [2.45, 2.75) is 64.2 Å². The summed E-state index contributed by atoms with van der Waals surface area (Å²) in [6.07, 6.45) is 11.0. The van der Waals surface area contributed by atoms with E-state index in [-0.39, 0.29) is 0 Å². The van der Waals surface area contributed by atoms with Gasteiger partial charge < -0.3 is 0 Å². The minimum atomic E-state index is 0.604. The fourth-order valence-corrected chi connectivity index (χ4v) is 6.04. The average molecular weight is 283 g/mol. The average Bonchev–Trinajstić information content (AvgIpc) is 2.98.